The molecule has 0 N–H and O–H groups in total. The van der Waals surface area contributed by atoms with Crippen LogP contribution in [0.25, 0.3) is 55.2 Å². The molecular formula is C75H69BN2O2. The molecule has 80 heavy (non-hydrogen) atoms. The largest absolute Gasteiger partial charge is 0.450 e. The van der Waals surface area contributed by atoms with Crippen molar-refractivity contribution < 1.29 is 9.47 Å². The number of hydrogen-bond donors (Lipinski definition) is 0. The van der Waals surface area contributed by atoms with E-state index in [-0.39, 0.29) is 28.5 Å². The number of rotatable bonds is 4. The molecule has 0 amide bonds. The predicted octanol–water partition coefficient (Wildman–Crippen LogP) is 18.3. The number of fused-ring (bicyclic) bond motifs is 13. The average molecular weight is 1040 g/mol. The lowest BCUT2D eigenvalue weighted by Crippen LogP contribution is -2.57. The first-order valence-electron chi connectivity index (χ1n) is 30.9. The molecule has 4 nitrogen and oxygen atoms in total. The van der Waals surface area contributed by atoms with Gasteiger partial charge in [0.25, 0.3) is 0 Å². The number of nitrogens with zero attached hydrogens (tertiary/aromatic N) is 2. The summed E-state index contributed by atoms with van der Waals surface area (Å²) in [6.07, 6.45) is 16.8. The monoisotopic (exact) mass is 1040 g/mol. The second-order valence-corrected chi connectivity index (χ2v) is 29.3. The Balaban J connectivity index is 0.961. The normalized spacial score (nSPS) is 27.8. The number of ether oxygens (including phenoxy) is 2. The van der Waals surface area contributed by atoms with Gasteiger partial charge in [0, 0.05) is 55.8 Å². The summed E-state index contributed by atoms with van der Waals surface area (Å²) in [7, 11) is 0. The van der Waals surface area contributed by atoms with Crippen LogP contribution in [-0.2, 0) is 21.7 Å². The van der Waals surface area contributed by atoms with E-state index in [9.17, 15) is 0 Å². The Morgan fingerprint density at radius 2 is 1.09 bits per heavy atom. The molecule has 8 aromatic carbocycles. The van der Waals surface area contributed by atoms with Crippen molar-refractivity contribution in [2.24, 2.45) is 35.5 Å². The van der Waals surface area contributed by atoms with E-state index in [2.05, 4.69) is 171 Å². The summed E-state index contributed by atoms with van der Waals surface area (Å²) in [5, 5.41) is 2.94. The van der Waals surface area contributed by atoms with Crippen LogP contribution in [0.1, 0.15) is 139 Å². The molecule has 8 bridgehead atoms. The first-order chi connectivity index (χ1) is 38.8. The van der Waals surface area contributed by atoms with Crippen LogP contribution in [0.4, 0.5) is 17.1 Å². The third kappa shape index (κ3) is 6.00. The second kappa shape index (κ2) is 15.3. The van der Waals surface area contributed by atoms with E-state index in [0.29, 0.717) is 0 Å². The van der Waals surface area contributed by atoms with Gasteiger partial charge < -0.3 is 18.9 Å². The summed E-state index contributed by atoms with van der Waals surface area (Å²) in [6, 6.07) is 57.2. The molecule has 394 valence electrons. The lowest BCUT2D eigenvalue weighted by molar-refractivity contribution is -0.00527. The van der Waals surface area contributed by atoms with E-state index in [4.69, 9.17) is 9.47 Å². The SMILES string of the molecule is CC(C)(C)c1ccc(N2c3cc4c(cc3B3c5c(cc6c(c52)C(C)(C)c2ccccc2-6)-c2cc(C56CC7CC(CC(C7)C5)C6)cc5c6cc(C78CC9CC(CC(C9)C7)C8)ccc6n3c25)Oc2ccccc2O4)c(-c2ccccc2)c1. The highest BCUT2D eigenvalue weighted by Gasteiger charge is 2.55. The van der Waals surface area contributed by atoms with E-state index in [0.717, 1.165) is 64.2 Å². The van der Waals surface area contributed by atoms with Crippen molar-refractivity contribution in [1.82, 2.24) is 4.48 Å². The Labute approximate surface area is 471 Å². The highest BCUT2D eigenvalue weighted by atomic mass is 16.6. The van der Waals surface area contributed by atoms with Crippen LogP contribution < -0.4 is 25.3 Å². The topological polar surface area (TPSA) is 26.6 Å². The van der Waals surface area contributed by atoms with Gasteiger partial charge in [-0.2, -0.15) is 0 Å². The maximum atomic E-state index is 7.03. The van der Waals surface area contributed by atoms with Crippen molar-refractivity contribution in [3.05, 3.63) is 173 Å². The smallest absolute Gasteiger partial charge is 0.333 e. The summed E-state index contributed by atoms with van der Waals surface area (Å²) >= 11 is 0. The van der Waals surface area contributed by atoms with E-state index in [1.807, 2.05) is 18.2 Å². The lowest BCUT2D eigenvalue weighted by atomic mass is 9.44. The number of para-hydroxylation sites is 2. The molecule has 3 aliphatic heterocycles. The fraction of sp³-hybridized carbons (Fsp3) is 0.360. The highest BCUT2D eigenvalue weighted by molar-refractivity contribution is 6.90. The Bertz CT molecular complexity index is 4180. The first kappa shape index (κ1) is 45.7. The van der Waals surface area contributed by atoms with E-state index < -0.39 is 0 Å². The van der Waals surface area contributed by atoms with Crippen LogP contribution in [-0.4, -0.2) is 11.3 Å². The van der Waals surface area contributed by atoms with Crippen LogP contribution in [0.3, 0.4) is 0 Å². The molecule has 1 aromatic heterocycles. The molecule has 9 aromatic rings. The lowest BCUT2D eigenvalue weighted by Gasteiger charge is -2.57. The van der Waals surface area contributed by atoms with Gasteiger partial charge in [-0.3, -0.25) is 0 Å². The summed E-state index contributed by atoms with van der Waals surface area (Å²) in [6.45, 7) is 11.9. The maximum absolute atomic E-state index is 7.03. The van der Waals surface area contributed by atoms with Crippen molar-refractivity contribution in [3.8, 4) is 56.4 Å². The molecule has 5 heteroatoms. The van der Waals surface area contributed by atoms with Gasteiger partial charge in [-0.05, 0) is 250 Å². The number of aromatic nitrogens is 1. The Morgan fingerprint density at radius 1 is 0.487 bits per heavy atom. The maximum Gasteiger partial charge on any atom is 0.333 e. The van der Waals surface area contributed by atoms with Gasteiger partial charge in [0.2, 0.25) is 0 Å². The zero-order valence-electron chi connectivity index (χ0n) is 47.1. The molecule has 9 aliphatic carbocycles. The molecule has 8 saturated carbocycles. The standard InChI is InChI=1S/C75H69BN2O2/c1-72(2,3)49-19-21-61(53(29-49)48-13-7-6-8-14-48)77-63-35-67-66(79-64-17-11-12-18-65(64)80-67)34-60(63)76-69-56(33-55-52-15-9-10-16-59(52)73(4,5)68(55)71(69)77)58-32-51(75-39-45-26-46(40-75)28-47(27-45)41-75)31-57-54-30-50(20-22-62(54)78(76)70(57)58)74-36-42-23-43(37-74)25-44(24-42)38-74/h6-22,29-35,42-47H,23-28,36-41H2,1-5H3. The predicted molar refractivity (Wildman–Crippen MR) is 328 cm³/mol. The molecule has 8 fully saturated rings. The van der Waals surface area contributed by atoms with E-state index in [1.165, 1.54) is 171 Å². The summed E-state index contributed by atoms with van der Waals surface area (Å²) in [5.41, 5.74) is 24.6. The highest BCUT2D eigenvalue weighted by Crippen LogP contribution is 2.65. The molecule has 0 saturated heterocycles. The van der Waals surface area contributed by atoms with Crippen LogP contribution in [0.2, 0.25) is 0 Å². The van der Waals surface area contributed by atoms with Gasteiger partial charge in [0.05, 0.1) is 5.69 Å². The molecule has 4 heterocycles. The number of benzene rings is 8. The van der Waals surface area contributed by atoms with Crippen LogP contribution >= 0.6 is 0 Å². The molecule has 21 rings (SSSR count). The summed E-state index contributed by atoms with van der Waals surface area (Å²) in [4.78, 5) is 2.72. The van der Waals surface area contributed by atoms with Crippen molar-refractivity contribution in [2.45, 2.75) is 133 Å². The average Bonchev–Trinajstić information content (AvgIpc) is 3.34. The minimum Gasteiger partial charge on any atom is -0.450 e. The third-order valence-electron chi connectivity index (χ3n) is 23.2. The van der Waals surface area contributed by atoms with E-state index in [1.54, 1.807) is 11.1 Å². The zero-order valence-corrected chi connectivity index (χ0v) is 47.1. The van der Waals surface area contributed by atoms with Crippen LogP contribution in [0.15, 0.2) is 146 Å². The van der Waals surface area contributed by atoms with Crippen molar-refractivity contribution in [3.63, 3.8) is 0 Å². The zero-order chi connectivity index (χ0) is 52.9. The quantitative estimate of drug-likeness (QED) is 0.164. The third-order valence-corrected chi connectivity index (χ3v) is 23.2. The van der Waals surface area contributed by atoms with Gasteiger partial charge in [-0.15, -0.1) is 0 Å². The van der Waals surface area contributed by atoms with Crippen molar-refractivity contribution in [1.29, 1.82) is 0 Å². The van der Waals surface area contributed by atoms with Crippen LogP contribution in [0.5, 0.6) is 23.0 Å². The molecule has 12 aliphatic rings. The second-order valence-electron chi connectivity index (χ2n) is 29.3. The molecule has 0 radical (unpaired) electrons. The summed E-state index contributed by atoms with van der Waals surface area (Å²) < 4.78 is 16.9. The Morgan fingerprint density at radius 3 is 1.75 bits per heavy atom. The fourth-order valence-corrected chi connectivity index (χ4v) is 20.7. The minimum atomic E-state index is -0.316. The van der Waals surface area contributed by atoms with Gasteiger partial charge in [0.1, 0.15) is 0 Å². The number of hydrogen-bond acceptors (Lipinski definition) is 3. The van der Waals surface area contributed by atoms with E-state index >= 15 is 0 Å². The van der Waals surface area contributed by atoms with Crippen LogP contribution in [0, 0.1) is 35.5 Å². The van der Waals surface area contributed by atoms with Crippen molar-refractivity contribution >= 4 is 56.6 Å². The molecule has 0 spiro atoms. The molecule has 0 atom stereocenters. The van der Waals surface area contributed by atoms with Gasteiger partial charge in [0.15, 0.2) is 23.0 Å². The fourth-order valence-electron chi connectivity index (χ4n) is 20.7. The number of anilines is 3. The van der Waals surface area contributed by atoms with Gasteiger partial charge in [-0.1, -0.05) is 113 Å². The molecular weight excluding hydrogens is 972 g/mol. The molecule has 0 unspecified atom stereocenters. The van der Waals surface area contributed by atoms with Gasteiger partial charge in [-0.25, -0.2) is 0 Å². The van der Waals surface area contributed by atoms with Gasteiger partial charge >= 0.3 is 6.85 Å². The Hall–Kier alpha value is -6.98. The minimum absolute atomic E-state index is 0.0596. The van der Waals surface area contributed by atoms with Crippen molar-refractivity contribution in [2.75, 3.05) is 4.90 Å². The Kier molecular flexibility index (Phi) is 8.75. The first-order valence-corrected chi connectivity index (χ1v) is 30.9. The summed E-state index contributed by atoms with van der Waals surface area (Å²) in [5.74, 6) is 8.24.